The van der Waals surface area contributed by atoms with Gasteiger partial charge in [-0.25, -0.2) is 4.39 Å². The van der Waals surface area contributed by atoms with Gasteiger partial charge in [-0.1, -0.05) is 64.3 Å². The number of nitrogens with zero attached hydrogens (tertiary/aromatic N) is 1. The van der Waals surface area contributed by atoms with E-state index in [1.165, 1.54) is 12.5 Å². The molecule has 1 saturated carbocycles. The molecule has 2 unspecified atom stereocenters. The summed E-state index contributed by atoms with van der Waals surface area (Å²) in [6.45, 7) is 8.81. The number of nitrogens with one attached hydrogen (secondary N) is 1. The zero-order chi connectivity index (χ0) is 25.2. The van der Waals surface area contributed by atoms with Gasteiger partial charge >= 0.3 is 0 Å². The Morgan fingerprint density at radius 1 is 0.971 bits per heavy atom. The molecule has 2 amide bonds. The van der Waals surface area contributed by atoms with Crippen molar-refractivity contribution in [3.63, 3.8) is 0 Å². The summed E-state index contributed by atoms with van der Waals surface area (Å²) in [6, 6.07) is 12.6. The number of benzene rings is 2. The second kappa shape index (κ2) is 10.5. The molecule has 2 atom stereocenters. The fourth-order valence-corrected chi connectivity index (χ4v) is 5.95. The Labute approximate surface area is 209 Å². The molecule has 1 aliphatic carbocycles. The molecular weight excluding hydrogens is 439 g/mol. The van der Waals surface area contributed by atoms with Crippen molar-refractivity contribution in [1.82, 2.24) is 4.90 Å². The standard InChI is InChI=1S/C30H39FN2O2/c1-20-11-8-17-25(31)26(20)29(35)33-18-10-16-24(27(33)21-12-6-5-7-13-21)28(34)32-23-15-9-14-22(19-23)30(2,3)4/h8-9,11,14-15,17,19,21,24,27H,5-7,10,12-13,16,18H2,1-4H3,(H,32,34). The van der Waals surface area contributed by atoms with Crippen LogP contribution in [0.5, 0.6) is 0 Å². The summed E-state index contributed by atoms with van der Waals surface area (Å²) in [7, 11) is 0. The minimum Gasteiger partial charge on any atom is -0.334 e. The van der Waals surface area contributed by atoms with Crippen molar-refractivity contribution >= 4 is 17.5 Å². The predicted molar refractivity (Wildman–Crippen MR) is 139 cm³/mol. The van der Waals surface area contributed by atoms with Crippen molar-refractivity contribution in [3.05, 3.63) is 65.0 Å². The monoisotopic (exact) mass is 478 g/mol. The largest absolute Gasteiger partial charge is 0.334 e. The van der Waals surface area contributed by atoms with E-state index >= 15 is 0 Å². The lowest BCUT2D eigenvalue weighted by molar-refractivity contribution is -0.124. The van der Waals surface area contributed by atoms with Crippen LogP contribution in [-0.2, 0) is 10.2 Å². The van der Waals surface area contributed by atoms with Crippen LogP contribution in [-0.4, -0.2) is 29.3 Å². The van der Waals surface area contributed by atoms with E-state index in [2.05, 4.69) is 32.2 Å². The number of carbonyl (C=O) groups is 2. The Kier molecular flexibility index (Phi) is 7.63. The molecule has 2 aliphatic rings. The van der Waals surface area contributed by atoms with Crippen molar-refractivity contribution < 1.29 is 14.0 Å². The molecule has 4 nitrogen and oxygen atoms in total. The zero-order valence-electron chi connectivity index (χ0n) is 21.6. The van der Waals surface area contributed by atoms with Crippen molar-refractivity contribution in [3.8, 4) is 0 Å². The van der Waals surface area contributed by atoms with Gasteiger partial charge in [0.15, 0.2) is 0 Å². The third kappa shape index (κ3) is 5.60. The molecule has 2 aromatic rings. The van der Waals surface area contributed by atoms with E-state index in [1.807, 2.05) is 23.1 Å². The van der Waals surface area contributed by atoms with Crippen molar-refractivity contribution in [2.24, 2.45) is 11.8 Å². The summed E-state index contributed by atoms with van der Waals surface area (Å²) in [5.74, 6) is -0.835. The quantitative estimate of drug-likeness (QED) is 0.521. The summed E-state index contributed by atoms with van der Waals surface area (Å²) in [5, 5.41) is 3.16. The van der Waals surface area contributed by atoms with Crippen LogP contribution in [0.25, 0.3) is 0 Å². The lowest BCUT2D eigenvalue weighted by Gasteiger charge is -2.46. The number of piperidine rings is 1. The van der Waals surface area contributed by atoms with E-state index in [0.717, 1.165) is 49.8 Å². The molecular formula is C30H39FN2O2. The maximum atomic E-state index is 14.8. The van der Waals surface area contributed by atoms with E-state index in [9.17, 15) is 14.0 Å². The SMILES string of the molecule is Cc1cccc(F)c1C(=O)N1CCCC(C(=O)Nc2cccc(C(C)(C)C)c2)C1C1CCCCC1. The Morgan fingerprint density at radius 2 is 1.69 bits per heavy atom. The fourth-order valence-electron chi connectivity index (χ4n) is 5.95. The molecule has 0 bridgehead atoms. The Morgan fingerprint density at radius 3 is 2.37 bits per heavy atom. The Balaban J connectivity index is 1.64. The van der Waals surface area contributed by atoms with Crippen LogP contribution >= 0.6 is 0 Å². The van der Waals surface area contributed by atoms with Crippen molar-refractivity contribution in [2.75, 3.05) is 11.9 Å². The van der Waals surface area contributed by atoms with Crippen LogP contribution < -0.4 is 5.32 Å². The minimum atomic E-state index is -0.483. The summed E-state index contributed by atoms with van der Waals surface area (Å²) in [5.41, 5.74) is 2.72. The van der Waals surface area contributed by atoms with Crippen LogP contribution in [0.2, 0.25) is 0 Å². The number of carbonyl (C=O) groups excluding carboxylic acids is 2. The van der Waals surface area contributed by atoms with Crippen LogP contribution in [0.1, 0.15) is 87.2 Å². The van der Waals surface area contributed by atoms with Crippen molar-refractivity contribution in [2.45, 2.75) is 84.1 Å². The van der Waals surface area contributed by atoms with Gasteiger partial charge < -0.3 is 10.2 Å². The van der Waals surface area contributed by atoms with Gasteiger partial charge in [0.2, 0.25) is 5.91 Å². The summed E-state index contributed by atoms with van der Waals surface area (Å²) in [6.07, 6.45) is 6.92. The van der Waals surface area contributed by atoms with Crippen LogP contribution in [0.4, 0.5) is 10.1 Å². The van der Waals surface area contributed by atoms with Gasteiger partial charge in [-0.3, -0.25) is 9.59 Å². The summed E-state index contributed by atoms with van der Waals surface area (Å²) >= 11 is 0. The van der Waals surface area contributed by atoms with E-state index in [0.29, 0.717) is 12.1 Å². The van der Waals surface area contributed by atoms with Crippen LogP contribution in [0, 0.1) is 24.6 Å². The Bertz CT molecular complexity index is 1050. The first-order valence-corrected chi connectivity index (χ1v) is 13.1. The molecule has 35 heavy (non-hydrogen) atoms. The number of rotatable bonds is 4. The molecule has 0 spiro atoms. The smallest absolute Gasteiger partial charge is 0.257 e. The number of likely N-dealkylation sites (tertiary alicyclic amines) is 1. The van der Waals surface area contributed by atoms with Gasteiger partial charge in [0, 0.05) is 18.3 Å². The van der Waals surface area contributed by atoms with Gasteiger partial charge in [0.1, 0.15) is 5.82 Å². The first-order chi connectivity index (χ1) is 16.7. The highest BCUT2D eigenvalue weighted by molar-refractivity contribution is 5.98. The first kappa shape index (κ1) is 25.4. The van der Waals surface area contributed by atoms with Crippen LogP contribution in [0.3, 0.4) is 0 Å². The molecule has 1 saturated heterocycles. The predicted octanol–water partition coefficient (Wildman–Crippen LogP) is 6.87. The molecule has 0 aromatic heterocycles. The number of anilines is 1. The lowest BCUT2D eigenvalue weighted by Crippen LogP contribution is -2.55. The van der Waals surface area contributed by atoms with Crippen LogP contribution in [0.15, 0.2) is 42.5 Å². The molecule has 1 N–H and O–H groups in total. The molecule has 2 aromatic carbocycles. The summed E-state index contributed by atoms with van der Waals surface area (Å²) in [4.78, 5) is 29.3. The van der Waals surface area contributed by atoms with E-state index in [1.54, 1.807) is 19.1 Å². The van der Waals surface area contributed by atoms with Gasteiger partial charge in [-0.15, -0.1) is 0 Å². The Hall–Kier alpha value is -2.69. The highest BCUT2D eigenvalue weighted by Gasteiger charge is 2.43. The number of halogens is 1. The fraction of sp³-hybridized carbons (Fsp3) is 0.533. The zero-order valence-corrected chi connectivity index (χ0v) is 21.6. The average molecular weight is 479 g/mol. The minimum absolute atomic E-state index is 0.0168. The third-order valence-corrected chi connectivity index (χ3v) is 7.85. The van der Waals surface area contributed by atoms with E-state index < -0.39 is 5.82 Å². The normalized spacial score (nSPS) is 21.6. The lowest BCUT2D eigenvalue weighted by atomic mass is 9.74. The average Bonchev–Trinajstić information content (AvgIpc) is 2.83. The molecule has 0 radical (unpaired) electrons. The molecule has 5 heteroatoms. The number of hydrogen-bond acceptors (Lipinski definition) is 2. The van der Waals surface area contributed by atoms with Gasteiger partial charge in [-0.05, 0) is 73.3 Å². The van der Waals surface area contributed by atoms with E-state index in [-0.39, 0.29) is 40.7 Å². The molecule has 188 valence electrons. The molecule has 4 rings (SSSR count). The number of hydrogen-bond donors (Lipinski definition) is 1. The second-order valence-electron chi connectivity index (χ2n) is 11.4. The topological polar surface area (TPSA) is 49.4 Å². The number of amides is 2. The highest BCUT2D eigenvalue weighted by Crippen LogP contribution is 2.38. The highest BCUT2D eigenvalue weighted by atomic mass is 19.1. The first-order valence-electron chi connectivity index (χ1n) is 13.1. The third-order valence-electron chi connectivity index (χ3n) is 7.85. The van der Waals surface area contributed by atoms with Gasteiger partial charge in [0.25, 0.3) is 5.91 Å². The molecule has 1 aliphatic heterocycles. The maximum Gasteiger partial charge on any atom is 0.257 e. The van der Waals surface area contributed by atoms with Gasteiger partial charge in [0.05, 0.1) is 11.5 Å². The van der Waals surface area contributed by atoms with Crippen molar-refractivity contribution in [1.29, 1.82) is 0 Å². The molecule has 1 heterocycles. The van der Waals surface area contributed by atoms with E-state index in [4.69, 9.17) is 0 Å². The molecule has 2 fully saturated rings. The second-order valence-corrected chi connectivity index (χ2v) is 11.4. The summed E-state index contributed by atoms with van der Waals surface area (Å²) < 4.78 is 14.8. The maximum absolute atomic E-state index is 14.8. The number of aryl methyl sites for hydroxylation is 1. The van der Waals surface area contributed by atoms with Gasteiger partial charge in [-0.2, -0.15) is 0 Å².